The van der Waals surface area contributed by atoms with Crippen LogP contribution in [0, 0.1) is 6.92 Å². The number of hydrogen-bond donors (Lipinski definition) is 0. The second-order valence-corrected chi connectivity index (χ2v) is 3.38. The molecule has 1 aromatic carbocycles. The fourth-order valence-corrected chi connectivity index (χ4v) is 1.79. The minimum absolute atomic E-state index is 0.107. The van der Waals surface area contributed by atoms with Crippen molar-refractivity contribution in [3.63, 3.8) is 0 Å². The van der Waals surface area contributed by atoms with E-state index in [2.05, 4.69) is 0 Å². The molecule has 0 saturated carbocycles. The first-order chi connectivity index (χ1) is 6.20. The zero-order chi connectivity index (χ0) is 9.42. The van der Waals surface area contributed by atoms with Gasteiger partial charge in [-0.2, -0.15) is 0 Å². The van der Waals surface area contributed by atoms with Gasteiger partial charge in [0.25, 0.3) is 0 Å². The van der Waals surface area contributed by atoms with Crippen molar-refractivity contribution >= 4 is 5.78 Å². The predicted octanol–water partition coefficient (Wildman–Crippen LogP) is 2.13. The normalized spacial score (nSPS) is 13.7. The zero-order valence-corrected chi connectivity index (χ0v) is 7.89. The molecule has 0 aliphatic carbocycles. The van der Waals surface area contributed by atoms with Gasteiger partial charge in [0.1, 0.15) is 5.75 Å². The number of hydrogen-bond acceptors (Lipinski definition) is 2. The maximum Gasteiger partial charge on any atom is 0.160 e. The van der Waals surface area contributed by atoms with E-state index in [0.717, 1.165) is 29.9 Å². The van der Waals surface area contributed by atoms with E-state index in [1.165, 1.54) is 5.56 Å². The SMILES string of the molecule is CC(=O)c1ccc2c(c1C)OCC2. The van der Waals surface area contributed by atoms with Crippen molar-refractivity contribution in [1.29, 1.82) is 0 Å². The smallest absolute Gasteiger partial charge is 0.160 e. The van der Waals surface area contributed by atoms with Crippen molar-refractivity contribution in [1.82, 2.24) is 0 Å². The van der Waals surface area contributed by atoms with E-state index in [9.17, 15) is 4.79 Å². The summed E-state index contributed by atoms with van der Waals surface area (Å²) in [6.07, 6.45) is 0.967. The Bertz CT molecular complexity index is 367. The number of carbonyl (C=O) groups excluding carboxylic acids is 1. The van der Waals surface area contributed by atoms with Crippen molar-refractivity contribution in [2.75, 3.05) is 6.61 Å². The molecule has 0 N–H and O–H groups in total. The molecule has 0 saturated heterocycles. The average Bonchev–Trinajstić information content (AvgIpc) is 2.52. The molecule has 2 nitrogen and oxygen atoms in total. The molecule has 2 heteroatoms. The molecule has 1 aromatic rings. The molecular weight excluding hydrogens is 164 g/mol. The fraction of sp³-hybridized carbons (Fsp3) is 0.364. The Morgan fingerprint density at radius 1 is 1.46 bits per heavy atom. The minimum Gasteiger partial charge on any atom is -0.493 e. The van der Waals surface area contributed by atoms with Gasteiger partial charge < -0.3 is 4.74 Å². The van der Waals surface area contributed by atoms with E-state index in [1.807, 2.05) is 19.1 Å². The Balaban J connectivity index is 2.59. The average molecular weight is 176 g/mol. The lowest BCUT2D eigenvalue weighted by atomic mass is 10.0. The predicted molar refractivity (Wildman–Crippen MR) is 50.4 cm³/mol. The van der Waals surface area contributed by atoms with Gasteiger partial charge in [-0.05, 0) is 19.4 Å². The number of benzene rings is 1. The highest BCUT2D eigenvalue weighted by molar-refractivity contribution is 5.96. The lowest BCUT2D eigenvalue weighted by Gasteiger charge is -2.07. The van der Waals surface area contributed by atoms with E-state index >= 15 is 0 Å². The van der Waals surface area contributed by atoms with Gasteiger partial charge in [-0.25, -0.2) is 0 Å². The first kappa shape index (κ1) is 8.30. The van der Waals surface area contributed by atoms with Gasteiger partial charge in [-0.3, -0.25) is 4.79 Å². The van der Waals surface area contributed by atoms with Crippen LogP contribution in [0.5, 0.6) is 5.75 Å². The highest BCUT2D eigenvalue weighted by Gasteiger charge is 2.17. The summed E-state index contributed by atoms with van der Waals surface area (Å²) in [6.45, 7) is 4.28. The molecular formula is C11H12O2. The van der Waals surface area contributed by atoms with E-state index in [0.29, 0.717) is 0 Å². The van der Waals surface area contributed by atoms with Crippen LogP contribution in [0.15, 0.2) is 12.1 Å². The van der Waals surface area contributed by atoms with Crippen LogP contribution in [0.2, 0.25) is 0 Å². The molecule has 0 unspecified atom stereocenters. The summed E-state index contributed by atoms with van der Waals surface area (Å²) in [4.78, 5) is 11.2. The quantitative estimate of drug-likeness (QED) is 0.613. The first-order valence-electron chi connectivity index (χ1n) is 4.46. The van der Waals surface area contributed by atoms with Gasteiger partial charge in [-0.15, -0.1) is 0 Å². The highest BCUT2D eigenvalue weighted by atomic mass is 16.5. The Labute approximate surface area is 77.5 Å². The standard InChI is InChI=1S/C11H12O2/c1-7-10(8(2)12)4-3-9-5-6-13-11(7)9/h3-4H,5-6H2,1-2H3. The molecule has 0 atom stereocenters. The summed E-state index contributed by atoms with van der Waals surface area (Å²) in [6, 6.07) is 3.89. The molecule has 0 aromatic heterocycles. The third-order valence-corrected chi connectivity index (χ3v) is 2.48. The molecule has 1 aliphatic rings. The second-order valence-electron chi connectivity index (χ2n) is 3.38. The number of fused-ring (bicyclic) bond motifs is 1. The highest BCUT2D eigenvalue weighted by Crippen LogP contribution is 2.31. The molecule has 2 rings (SSSR count). The van der Waals surface area contributed by atoms with E-state index in [4.69, 9.17) is 4.74 Å². The molecule has 0 spiro atoms. The van der Waals surface area contributed by atoms with E-state index in [-0.39, 0.29) is 5.78 Å². The van der Waals surface area contributed by atoms with E-state index in [1.54, 1.807) is 6.92 Å². The summed E-state index contributed by atoms with van der Waals surface area (Å²) in [5.41, 5.74) is 2.99. The summed E-state index contributed by atoms with van der Waals surface area (Å²) in [5.74, 6) is 1.03. The van der Waals surface area contributed by atoms with E-state index < -0.39 is 0 Å². The van der Waals surface area contributed by atoms with Gasteiger partial charge in [-0.1, -0.05) is 12.1 Å². The van der Waals surface area contributed by atoms with Crippen LogP contribution in [0.25, 0.3) is 0 Å². The van der Waals surface area contributed by atoms with Crippen molar-refractivity contribution < 1.29 is 9.53 Å². The monoisotopic (exact) mass is 176 g/mol. The maximum atomic E-state index is 11.2. The number of ether oxygens (including phenoxy) is 1. The molecule has 1 heterocycles. The van der Waals surface area contributed by atoms with Crippen LogP contribution in [0.3, 0.4) is 0 Å². The number of ketones is 1. The van der Waals surface area contributed by atoms with Crippen LogP contribution in [0.1, 0.15) is 28.4 Å². The van der Waals surface area contributed by atoms with Crippen molar-refractivity contribution in [2.45, 2.75) is 20.3 Å². The summed E-state index contributed by atoms with van der Waals surface area (Å²) in [5, 5.41) is 0. The van der Waals surface area contributed by atoms with Gasteiger partial charge in [0.15, 0.2) is 5.78 Å². The van der Waals surface area contributed by atoms with Crippen LogP contribution >= 0.6 is 0 Å². The summed E-state index contributed by atoms with van der Waals surface area (Å²) < 4.78 is 5.47. The van der Waals surface area contributed by atoms with Crippen LogP contribution in [-0.4, -0.2) is 12.4 Å². The maximum absolute atomic E-state index is 11.2. The van der Waals surface area contributed by atoms with Crippen molar-refractivity contribution in [3.8, 4) is 5.75 Å². The molecule has 13 heavy (non-hydrogen) atoms. The largest absolute Gasteiger partial charge is 0.493 e. The third kappa shape index (κ3) is 1.22. The summed E-state index contributed by atoms with van der Waals surface area (Å²) >= 11 is 0. The van der Waals surface area contributed by atoms with Crippen LogP contribution in [-0.2, 0) is 6.42 Å². The van der Waals surface area contributed by atoms with Crippen LogP contribution in [0.4, 0.5) is 0 Å². The van der Waals surface area contributed by atoms with Crippen molar-refractivity contribution in [2.24, 2.45) is 0 Å². The minimum atomic E-state index is 0.107. The molecule has 0 radical (unpaired) electrons. The molecule has 1 aliphatic heterocycles. The molecule has 0 bridgehead atoms. The lowest BCUT2D eigenvalue weighted by molar-refractivity contribution is 0.101. The van der Waals surface area contributed by atoms with Crippen LogP contribution < -0.4 is 4.74 Å². The fourth-order valence-electron chi connectivity index (χ4n) is 1.79. The topological polar surface area (TPSA) is 26.3 Å². The zero-order valence-electron chi connectivity index (χ0n) is 7.89. The molecule has 0 fully saturated rings. The third-order valence-electron chi connectivity index (χ3n) is 2.48. The Morgan fingerprint density at radius 3 is 2.92 bits per heavy atom. The summed E-state index contributed by atoms with van der Waals surface area (Å²) in [7, 11) is 0. The van der Waals surface area contributed by atoms with Gasteiger partial charge in [0.05, 0.1) is 6.61 Å². The Morgan fingerprint density at radius 2 is 2.23 bits per heavy atom. The number of Topliss-reactive ketones (excluding diaryl/α,β-unsaturated/α-hetero) is 1. The first-order valence-corrected chi connectivity index (χ1v) is 4.46. The lowest BCUT2D eigenvalue weighted by Crippen LogP contribution is -1.98. The van der Waals surface area contributed by atoms with Gasteiger partial charge >= 0.3 is 0 Å². The van der Waals surface area contributed by atoms with Gasteiger partial charge in [0, 0.05) is 17.5 Å². The number of carbonyl (C=O) groups is 1. The van der Waals surface area contributed by atoms with Gasteiger partial charge in [0.2, 0.25) is 0 Å². The molecule has 0 amide bonds. The van der Waals surface area contributed by atoms with Crippen molar-refractivity contribution in [3.05, 3.63) is 28.8 Å². The Hall–Kier alpha value is -1.31. The number of rotatable bonds is 1. The Kier molecular flexibility index (Phi) is 1.83. The second kappa shape index (κ2) is 2.87. The molecule has 68 valence electrons.